The van der Waals surface area contributed by atoms with Gasteiger partial charge in [-0.05, 0) is 81.9 Å². The van der Waals surface area contributed by atoms with Crippen LogP contribution in [0, 0.1) is 0 Å². The Morgan fingerprint density at radius 1 is 0.439 bits per heavy atom. The number of hydrogen-bond acceptors (Lipinski definition) is 2. The summed E-state index contributed by atoms with van der Waals surface area (Å²) in [6, 6.07) is 53.3. The van der Waals surface area contributed by atoms with Gasteiger partial charge in [-0.3, -0.25) is 0 Å². The third-order valence-electron chi connectivity index (χ3n) is 8.09. The Bertz CT molecular complexity index is 1840. The highest BCUT2D eigenvalue weighted by Gasteiger charge is 2.35. The molecule has 0 spiro atoms. The second kappa shape index (κ2) is 10.1. The van der Waals surface area contributed by atoms with E-state index >= 15 is 0 Å². The van der Waals surface area contributed by atoms with E-state index in [4.69, 9.17) is 4.74 Å². The first-order valence-electron chi connectivity index (χ1n) is 14.1. The molecule has 7 rings (SSSR count). The summed E-state index contributed by atoms with van der Waals surface area (Å²) < 4.78 is 6.26. The molecule has 0 amide bonds. The van der Waals surface area contributed by atoms with Gasteiger partial charge in [0, 0.05) is 28.5 Å². The molecule has 0 heterocycles. The molecule has 1 aliphatic rings. The Morgan fingerprint density at radius 2 is 1.02 bits per heavy atom. The maximum atomic E-state index is 6.26. The highest BCUT2D eigenvalue weighted by molar-refractivity contribution is 5.87. The summed E-state index contributed by atoms with van der Waals surface area (Å²) >= 11 is 0. The van der Waals surface area contributed by atoms with Crippen molar-refractivity contribution >= 4 is 17.1 Å². The zero-order chi connectivity index (χ0) is 27.8. The number of benzene rings is 6. The highest BCUT2D eigenvalue weighted by atomic mass is 16.5. The molecule has 0 fully saturated rings. The van der Waals surface area contributed by atoms with Crippen molar-refractivity contribution in [2.24, 2.45) is 0 Å². The SMILES string of the molecule is CC1(C)c2ccccc2-c2cc(N(c3cccc(Oc4ccccc4)c3)c3cccc(-c4ccccc4)c3)ccc21. The lowest BCUT2D eigenvalue weighted by atomic mass is 9.82. The largest absolute Gasteiger partial charge is 0.457 e. The summed E-state index contributed by atoms with van der Waals surface area (Å²) in [6.07, 6.45) is 0. The molecule has 2 heteroatoms. The van der Waals surface area contributed by atoms with E-state index in [1.807, 2.05) is 36.4 Å². The van der Waals surface area contributed by atoms with Gasteiger partial charge in [0.1, 0.15) is 11.5 Å². The van der Waals surface area contributed by atoms with Crippen molar-refractivity contribution in [2.75, 3.05) is 4.90 Å². The molecule has 0 N–H and O–H groups in total. The lowest BCUT2D eigenvalue weighted by molar-refractivity contribution is 0.483. The second-order valence-corrected chi connectivity index (χ2v) is 11.1. The molecular weight excluding hydrogens is 498 g/mol. The van der Waals surface area contributed by atoms with Crippen LogP contribution in [0.3, 0.4) is 0 Å². The molecule has 6 aromatic rings. The summed E-state index contributed by atoms with van der Waals surface area (Å²) in [4.78, 5) is 2.33. The van der Waals surface area contributed by atoms with Crippen LogP contribution in [0.1, 0.15) is 25.0 Å². The molecule has 0 bridgehead atoms. The molecule has 41 heavy (non-hydrogen) atoms. The molecule has 6 aromatic carbocycles. The minimum atomic E-state index is -0.0358. The van der Waals surface area contributed by atoms with Gasteiger partial charge in [0.25, 0.3) is 0 Å². The van der Waals surface area contributed by atoms with Crippen molar-refractivity contribution in [2.45, 2.75) is 19.3 Å². The van der Waals surface area contributed by atoms with Gasteiger partial charge in [-0.15, -0.1) is 0 Å². The zero-order valence-electron chi connectivity index (χ0n) is 23.3. The molecule has 1 aliphatic carbocycles. The van der Waals surface area contributed by atoms with E-state index in [0.29, 0.717) is 0 Å². The van der Waals surface area contributed by atoms with Crippen LogP contribution in [-0.2, 0) is 5.41 Å². The van der Waals surface area contributed by atoms with Gasteiger partial charge in [0.05, 0.1) is 0 Å². The van der Waals surface area contributed by atoms with Gasteiger partial charge >= 0.3 is 0 Å². The number of ether oxygens (including phenoxy) is 1. The zero-order valence-corrected chi connectivity index (χ0v) is 23.3. The quantitative estimate of drug-likeness (QED) is 0.213. The molecule has 0 aromatic heterocycles. The average Bonchev–Trinajstić information content (AvgIpc) is 3.25. The predicted octanol–water partition coefficient (Wildman–Crippen LogP) is 10.9. The van der Waals surface area contributed by atoms with Crippen LogP contribution in [-0.4, -0.2) is 0 Å². The summed E-state index contributed by atoms with van der Waals surface area (Å²) in [5.41, 5.74) is 10.9. The Labute approximate surface area is 242 Å². The van der Waals surface area contributed by atoms with E-state index in [0.717, 1.165) is 28.6 Å². The van der Waals surface area contributed by atoms with Crippen LogP contribution in [0.15, 0.2) is 152 Å². The number of nitrogens with zero attached hydrogens (tertiary/aromatic N) is 1. The van der Waals surface area contributed by atoms with Crippen LogP contribution in [0.25, 0.3) is 22.3 Å². The molecular formula is C39H31NO. The van der Waals surface area contributed by atoms with E-state index in [2.05, 4.69) is 134 Å². The number of anilines is 3. The van der Waals surface area contributed by atoms with Gasteiger partial charge < -0.3 is 9.64 Å². The minimum absolute atomic E-state index is 0.0358. The van der Waals surface area contributed by atoms with E-state index in [-0.39, 0.29) is 5.41 Å². The fourth-order valence-corrected chi connectivity index (χ4v) is 6.06. The second-order valence-electron chi connectivity index (χ2n) is 11.1. The third-order valence-corrected chi connectivity index (χ3v) is 8.09. The number of hydrogen-bond donors (Lipinski definition) is 0. The average molecular weight is 530 g/mol. The molecule has 198 valence electrons. The fourth-order valence-electron chi connectivity index (χ4n) is 6.06. The third kappa shape index (κ3) is 4.58. The van der Waals surface area contributed by atoms with E-state index in [1.54, 1.807) is 0 Å². The summed E-state index contributed by atoms with van der Waals surface area (Å²) in [5.74, 6) is 1.61. The van der Waals surface area contributed by atoms with Gasteiger partial charge in [-0.2, -0.15) is 0 Å². The molecule has 0 saturated heterocycles. The lowest BCUT2D eigenvalue weighted by Gasteiger charge is -2.28. The van der Waals surface area contributed by atoms with Gasteiger partial charge in [-0.1, -0.05) is 111 Å². The van der Waals surface area contributed by atoms with Crippen LogP contribution in [0.4, 0.5) is 17.1 Å². The van der Waals surface area contributed by atoms with E-state index in [1.165, 1.54) is 33.4 Å². The number of para-hydroxylation sites is 1. The molecule has 0 unspecified atom stereocenters. The first-order chi connectivity index (χ1) is 20.1. The Kier molecular flexibility index (Phi) is 6.17. The monoisotopic (exact) mass is 529 g/mol. The summed E-state index contributed by atoms with van der Waals surface area (Å²) in [6.45, 7) is 4.64. The Balaban J connectivity index is 1.38. The van der Waals surface area contributed by atoms with Gasteiger partial charge in [0.15, 0.2) is 0 Å². The van der Waals surface area contributed by atoms with Gasteiger partial charge in [0.2, 0.25) is 0 Å². The molecule has 0 saturated carbocycles. The normalized spacial score (nSPS) is 12.8. The van der Waals surface area contributed by atoms with Crippen molar-refractivity contribution < 1.29 is 4.74 Å². The minimum Gasteiger partial charge on any atom is -0.457 e. The van der Waals surface area contributed by atoms with Crippen LogP contribution < -0.4 is 9.64 Å². The van der Waals surface area contributed by atoms with Crippen molar-refractivity contribution in [3.8, 4) is 33.8 Å². The maximum absolute atomic E-state index is 6.26. The molecule has 0 aliphatic heterocycles. The molecule has 0 radical (unpaired) electrons. The summed E-state index contributed by atoms with van der Waals surface area (Å²) in [5, 5.41) is 0. The van der Waals surface area contributed by atoms with Crippen molar-refractivity contribution in [3.63, 3.8) is 0 Å². The fraction of sp³-hybridized carbons (Fsp3) is 0.0769. The van der Waals surface area contributed by atoms with E-state index in [9.17, 15) is 0 Å². The molecule has 0 atom stereocenters. The topological polar surface area (TPSA) is 12.5 Å². The summed E-state index contributed by atoms with van der Waals surface area (Å²) in [7, 11) is 0. The predicted molar refractivity (Wildman–Crippen MR) is 171 cm³/mol. The standard InChI is InChI=1S/C39H31NO/c1-39(2)37-22-10-9-21-35(37)36-27-32(23-24-38(36)39)40(30-16-11-15-29(25-30)28-13-5-3-6-14-28)31-17-12-20-34(26-31)41-33-18-7-4-8-19-33/h3-27H,1-2H3. The lowest BCUT2D eigenvalue weighted by Crippen LogP contribution is -2.15. The Morgan fingerprint density at radius 3 is 1.83 bits per heavy atom. The van der Waals surface area contributed by atoms with E-state index < -0.39 is 0 Å². The smallest absolute Gasteiger partial charge is 0.129 e. The highest BCUT2D eigenvalue weighted by Crippen LogP contribution is 2.50. The van der Waals surface area contributed by atoms with Crippen LogP contribution in [0.2, 0.25) is 0 Å². The molecule has 2 nitrogen and oxygen atoms in total. The maximum Gasteiger partial charge on any atom is 0.129 e. The van der Waals surface area contributed by atoms with Crippen molar-refractivity contribution in [1.82, 2.24) is 0 Å². The van der Waals surface area contributed by atoms with Gasteiger partial charge in [-0.25, -0.2) is 0 Å². The van der Waals surface area contributed by atoms with Crippen molar-refractivity contribution in [3.05, 3.63) is 163 Å². The first-order valence-corrected chi connectivity index (χ1v) is 14.1. The number of fused-ring (bicyclic) bond motifs is 3. The van der Waals surface area contributed by atoms with Crippen molar-refractivity contribution in [1.29, 1.82) is 0 Å². The first kappa shape index (κ1) is 24.9. The van der Waals surface area contributed by atoms with Crippen LogP contribution in [0.5, 0.6) is 11.5 Å². The number of rotatable bonds is 6. The Hall–Kier alpha value is -5.08. The van der Waals surface area contributed by atoms with Crippen LogP contribution >= 0.6 is 0 Å².